The average Bonchev–Trinajstić information content (AvgIpc) is 2.57. The van der Waals surface area contributed by atoms with Crippen molar-refractivity contribution in [2.24, 2.45) is 17.0 Å². The number of aliphatic carboxylic acids is 2. The Morgan fingerprint density at radius 1 is 1.00 bits per heavy atom. The van der Waals surface area contributed by atoms with Crippen LogP contribution in [0.4, 0.5) is 0 Å². The number of benzene rings is 1. The molecule has 0 aromatic heterocycles. The second-order valence-corrected chi connectivity index (χ2v) is 5.87. The molecule has 0 radical (unpaired) electrons. The molecule has 27 heavy (non-hydrogen) atoms. The van der Waals surface area contributed by atoms with Crippen LogP contribution in [0.3, 0.4) is 0 Å². The Hall–Kier alpha value is -1.96. The fourth-order valence-electron chi connectivity index (χ4n) is 1.54. The van der Waals surface area contributed by atoms with Crippen molar-refractivity contribution in [2.45, 2.75) is 27.7 Å². The van der Waals surface area contributed by atoms with E-state index < -0.39 is 23.6 Å². The van der Waals surface area contributed by atoms with E-state index in [0.717, 1.165) is 5.56 Å². The number of ketones is 1. The van der Waals surface area contributed by atoms with Crippen molar-refractivity contribution >= 4 is 59.1 Å². The van der Waals surface area contributed by atoms with E-state index in [1.165, 1.54) is 0 Å². The summed E-state index contributed by atoms with van der Waals surface area (Å²) in [5.74, 6) is -3.69. The predicted molar refractivity (Wildman–Crippen MR) is 106 cm³/mol. The summed E-state index contributed by atoms with van der Waals surface area (Å²) in [5, 5.41) is 20.5. The van der Waals surface area contributed by atoms with Gasteiger partial charge in [-0.15, -0.1) is 0 Å². The van der Waals surface area contributed by atoms with Crippen LogP contribution in [0, 0.1) is 11.8 Å². The molecule has 0 saturated carbocycles. The summed E-state index contributed by atoms with van der Waals surface area (Å²) in [5.41, 5.74) is 1.09. The zero-order chi connectivity index (χ0) is 20.1. The van der Waals surface area contributed by atoms with Crippen LogP contribution in [0.2, 0.25) is 0 Å². The normalized spacial score (nSPS) is 10.8. The molecule has 1 rings (SSSR count). The van der Waals surface area contributed by atoms with E-state index in [1.807, 2.05) is 36.4 Å². The fourth-order valence-corrected chi connectivity index (χ4v) is 1.54. The molecule has 1 aromatic rings. The van der Waals surface area contributed by atoms with Gasteiger partial charge < -0.3 is 15.1 Å². The molecular formula is C19H26NNaO6. The summed E-state index contributed by atoms with van der Waals surface area (Å²) in [7, 11) is 0. The van der Waals surface area contributed by atoms with Gasteiger partial charge in [0.05, 0.1) is 0 Å². The number of carboxylic acid groups (broad SMARTS) is 2. The first-order chi connectivity index (χ1) is 12.2. The second kappa shape index (κ2) is 15.1. The quantitative estimate of drug-likeness (QED) is 0.233. The van der Waals surface area contributed by atoms with E-state index in [-0.39, 0.29) is 47.8 Å². The van der Waals surface area contributed by atoms with Gasteiger partial charge in [0.15, 0.2) is 5.71 Å². The van der Waals surface area contributed by atoms with E-state index in [2.05, 4.69) is 5.16 Å². The van der Waals surface area contributed by atoms with Crippen molar-refractivity contribution in [3.63, 3.8) is 0 Å². The number of nitrogens with zero attached hydrogens (tertiary/aromatic N) is 1. The second-order valence-electron chi connectivity index (χ2n) is 5.87. The van der Waals surface area contributed by atoms with Crippen LogP contribution in [-0.2, 0) is 19.2 Å². The zero-order valence-electron chi connectivity index (χ0n) is 15.4. The van der Waals surface area contributed by atoms with Crippen molar-refractivity contribution in [3.05, 3.63) is 42.0 Å². The Bertz CT molecular complexity index is 653. The molecule has 8 heteroatoms. The van der Waals surface area contributed by atoms with Crippen molar-refractivity contribution in [1.82, 2.24) is 0 Å². The van der Waals surface area contributed by atoms with Gasteiger partial charge in [-0.1, -0.05) is 69.3 Å². The maximum absolute atomic E-state index is 10.8. The minimum absolute atomic E-state index is 0. The van der Waals surface area contributed by atoms with Crippen LogP contribution in [0.25, 0.3) is 6.08 Å². The van der Waals surface area contributed by atoms with Crippen LogP contribution in [0.15, 0.2) is 41.6 Å². The minimum atomic E-state index is -1.35. The number of rotatable bonds is 8. The average molecular weight is 387 g/mol. The van der Waals surface area contributed by atoms with Crippen LogP contribution in [-0.4, -0.2) is 69.8 Å². The molecule has 0 aliphatic rings. The molecule has 2 N–H and O–H groups in total. The van der Waals surface area contributed by atoms with Gasteiger partial charge in [0.2, 0.25) is 5.78 Å². The molecule has 1 aromatic carbocycles. The monoisotopic (exact) mass is 387 g/mol. The van der Waals surface area contributed by atoms with Gasteiger partial charge in [0, 0.05) is 11.8 Å². The third-order valence-corrected chi connectivity index (χ3v) is 2.94. The molecule has 0 saturated heterocycles. The van der Waals surface area contributed by atoms with Gasteiger partial charge in [0.1, 0.15) is 6.61 Å². The summed E-state index contributed by atoms with van der Waals surface area (Å²) < 4.78 is 0. The Balaban J connectivity index is 0. The van der Waals surface area contributed by atoms with E-state index in [4.69, 9.17) is 15.1 Å². The predicted octanol–water partition coefficient (Wildman–Crippen LogP) is 2.46. The molecule has 0 aliphatic carbocycles. The van der Waals surface area contributed by atoms with Gasteiger partial charge in [-0.05, 0) is 11.6 Å². The maximum atomic E-state index is 10.8. The number of carbonyl (C=O) groups is 3. The van der Waals surface area contributed by atoms with Gasteiger partial charge in [-0.25, -0.2) is 9.59 Å². The molecule has 0 unspecified atom stereocenters. The van der Waals surface area contributed by atoms with Crippen molar-refractivity contribution in [2.75, 3.05) is 6.61 Å². The number of carbonyl (C=O) groups excluding carboxylic acids is 1. The van der Waals surface area contributed by atoms with E-state index in [9.17, 15) is 14.4 Å². The fraction of sp³-hybridized carbons (Fsp3) is 0.368. The Morgan fingerprint density at radius 2 is 1.56 bits per heavy atom. The number of Topliss-reactive ketones (excluding diaryl/α,β-unsaturated/α-hetero) is 1. The molecule has 0 atom stereocenters. The van der Waals surface area contributed by atoms with Gasteiger partial charge >= 0.3 is 41.5 Å². The summed E-state index contributed by atoms with van der Waals surface area (Å²) in [4.78, 5) is 35.8. The molecule has 144 valence electrons. The Morgan fingerprint density at radius 3 is 1.93 bits per heavy atom. The Kier molecular flexibility index (Phi) is 15.3. The zero-order valence-corrected chi connectivity index (χ0v) is 15.4. The SMILES string of the molecule is CC(C)C(=NOCC=Cc1ccccc1)C(=O)O.CC(C)C(=O)C(=O)O.[NaH]. The van der Waals surface area contributed by atoms with Crippen LogP contribution < -0.4 is 0 Å². The third-order valence-electron chi connectivity index (χ3n) is 2.94. The number of carboxylic acids is 2. The summed E-state index contributed by atoms with van der Waals surface area (Å²) in [6.07, 6.45) is 3.68. The third kappa shape index (κ3) is 12.9. The van der Waals surface area contributed by atoms with Crippen molar-refractivity contribution < 1.29 is 29.4 Å². The molecule has 0 fully saturated rings. The van der Waals surface area contributed by atoms with E-state index >= 15 is 0 Å². The first-order valence-corrected chi connectivity index (χ1v) is 8.08. The van der Waals surface area contributed by atoms with Crippen molar-refractivity contribution in [1.29, 1.82) is 0 Å². The van der Waals surface area contributed by atoms with E-state index in [1.54, 1.807) is 33.8 Å². The summed E-state index contributed by atoms with van der Waals surface area (Å²) in [6, 6.07) is 9.77. The number of hydrogen-bond acceptors (Lipinski definition) is 5. The topological polar surface area (TPSA) is 113 Å². The van der Waals surface area contributed by atoms with Gasteiger partial charge in [-0.2, -0.15) is 0 Å². The Labute approximate surface area is 181 Å². The molecule has 0 spiro atoms. The first kappa shape index (κ1) is 27.3. The van der Waals surface area contributed by atoms with Gasteiger partial charge in [-0.3, -0.25) is 4.79 Å². The van der Waals surface area contributed by atoms with E-state index in [0.29, 0.717) is 0 Å². The first-order valence-electron chi connectivity index (χ1n) is 8.08. The summed E-state index contributed by atoms with van der Waals surface area (Å²) in [6.45, 7) is 6.87. The van der Waals surface area contributed by atoms with Crippen LogP contribution in [0.5, 0.6) is 0 Å². The number of hydrogen-bond donors (Lipinski definition) is 2. The standard InChI is InChI=1S/C14H17NO3.C5H8O3.Na.H/c1-11(2)13(14(16)17)15-18-10-6-9-12-7-4-3-5-8-12;1-3(2)4(6)5(7)8;;/h3-9,11H,10H2,1-2H3,(H,16,17);3H,1-2H3,(H,7,8);;. The number of oxime groups is 1. The van der Waals surface area contributed by atoms with Crippen molar-refractivity contribution in [3.8, 4) is 0 Å². The molecule has 7 nitrogen and oxygen atoms in total. The van der Waals surface area contributed by atoms with Gasteiger partial charge in [0.25, 0.3) is 0 Å². The van der Waals surface area contributed by atoms with Crippen LogP contribution in [0.1, 0.15) is 33.3 Å². The van der Waals surface area contributed by atoms with Crippen LogP contribution >= 0.6 is 0 Å². The molecule has 0 bridgehead atoms. The molecular weight excluding hydrogens is 361 g/mol. The summed E-state index contributed by atoms with van der Waals surface area (Å²) >= 11 is 0. The molecule has 0 aliphatic heterocycles. The molecule has 0 heterocycles. The molecule has 0 amide bonds.